The van der Waals surface area contributed by atoms with Crippen molar-refractivity contribution in [2.45, 2.75) is 18.9 Å². The van der Waals surface area contributed by atoms with Crippen LogP contribution >= 0.6 is 15.9 Å². The highest BCUT2D eigenvalue weighted by atomic mass is 79.9. The Hall–Kier alpha value is -1.03. The molecule has 1 aromatic rings. The van der Waals surface area contributed by atoms with Crippen LogP contribution in [0.4, 0.5) is 4.79 Å². The second-order valence-corrected chi connectivity index (χ2v) is 5.36. The number of hydrogen-bond acceptors (Lipinski definition) is 1. The van der Waals surface area contributed by atoms with E-state index in [1.807, 2.05) is 19.2 Å². The Labute approximate surface area is 104 Å². The van der Waals surface area contributed by atoms with Crippen LogP contribution < -0.4 is 5.32 Å². The second-order valence-electron chi connectivity index (χ2n) is 4.44. The van der Waals surface area contributed by atoms with Crippen LogP contribution in [0.5, 0.6) is 0 Å². The molecule has 1 aromatic carbocycles. The fourth-order valence-corrected chi connectivity index (χ4v) is 2.19. The molecule has 1 N–H and O–H groups in total. The van der Waals surface area contributed by atoms with Crippen molar-refractivity contribution in [1.82, 2.24) is 10.2 Å². The summed E-state index contributed by atoms with van der Waals surface area (Å²) in [6.45, 7) is 2.86. The van der Waals surface area contributed by atoms with Crippen LogP contribution in [0, 0.1) is 0 Å². The maximum atomic E-state index is 11.7. The zero-order valence-electron chi connectivity index (χ0n) is 9.46. The van der Waals surface area contributed by atoms with Crippen molar-refractivity contribution in [3.8, 4) is 0 Å². The smallest absolute Gasteiger partial charge is 0.317 e. The fraction of sp³-hybridized carbons (Fsp3) is 0.417. The molecule has 16 heavy (non-hydrogen) atoms. The molecule has 1 fully saturated rings. The van der Waals surface area contributed by atoms with E-state index < -0.39 is 0 Å². The molecule has 86 valence electrons. The summed E-state index contributed by atoms with van der Waals surface area (Å²) >= 11 is 3.41. The lowest BCUT2D eigenvalue weighted by atomic mass is 9.87. The quantitative estimate of drug-likeness (QED) is 0.844. The van der Waals surface area contributed by atoms with Crippen LogP contribution in [0.2, 0.25) is 0 Å². The summed E-state index contributed by atoms with van der Waals surface area (Å²) in [4.78, 5) is 13.4. The van der Waals surface area contributed by atoms with Crippen LogP contribution in [0.1, 0.15) is 18.9 Å². The van der Waals surface area contributed by atoms with Gasteiger partial charge in [0.05, 0.1) is 5.54 Å². The number of hydrogen-bond donors (Lipinski definition) is 1. The van der Waals surface area contributed by atoms with Crippen LogP contribution in [0.3, 0.4) is 0 Å². The molecular weight excluding hydrogens is 268 g/mol. The van der Waals surface area contributed by atoms with Crippen LogP contribution in [-0.4, -0.2) is 24.5 Å². The molecule has 0 aromatic heterocycles. The number of urea groups is 1. The van der Waals surface area contributed by atoms with E-state index in [-0.39, 0.29) is 11.6 Å². The monoisotopic (exact) mass is 282 g/mol. The van der Waals surface area contributed by atoms with Gasteiger partial charge >= 0.3 is 6.03 Å². The van der Waals surface area contributed by atoms with Gasteiger partial charge in [0.15, 0.2) is 0 Å². The second kappa shape index (κ2) is 4.09. The minimum absolute atomic E-state index is 0.00308. The van der Waals surface area contributed by atoms with Gasteiger partial charge in [-0.15, -0.1) is 0 Å². The molecule has 0 bridgehead atoms. The predicted molar refractivity (Wildman–Crippen MR) is 67.3 cm³/mol. The standard InChI is InChI=1S/C12H15BrN2O/c1-12(7-8-15(2)11(16)14-12)9-3-5-10(13)6-4-9/h3-6H,7-8H2,1-2H3,(H,14,16). The van der Waals surface area contributed by atoms with Gasteiger partial charge in [0.1, 0.15) is 0 Å². The Morgan fingerprint density at radius 2 is 2.00 bits per heavy atom. The maximum absolute atomic E-state index is 11.7. The van der Waals surface area contributed by atoms with Crippen LogP contribution in [0.25, 0.3) is 0 Å². The molecule has 1 aliphatic heterocycles. The lowest BCUT2D eigenvalue weighted by Gasteiger charge is -2.39. The van der Waals surface area contributed by atoms with Crippen molar-refractivity contribution in [3.63, 3.8) is 0 Å². The van der Waals surface area contributed by atoms with Gasteiger partial charge in [-0.2, -0.15) is 0 Å². The molecule has 1 saturated heterocycles. The molecule has 1 aliphatic rings. The van der Waals surface area contributed by atoms with Gasteiger partial charge in [-0.1, -0.05) is 28.1 Å². The SMILES string of the molecule is CN1CCC(C)(c2ccc(Br)cc2)NC1=O. The van der Waals surface area contributed by atoms with Crippen LogP contribution in [-0.2, 0) is 5.54 Å². The first kappa shape index (κ1) is 11.5. The first-order valence-corrected chi connectivity index (χ1v) is 6.10. The number of amides is 2. The third-order valence-corrected chi connectivity index (χ3v) is 3.69. The lowest BCUT2D eigenvalue weighted by molar-refractivity contribution is 0.164. The van der Waals surface area contributed by atoms with E-state index in [0.29, 0.717) is 0 Å². The van der Waals surface area contributed by atoms with Gasteiger partial charge in [-0.25, -0.2) is 4.79 Å². The Kier molecular flexibility index (Phi) is 2.93. The van der Waals surface area contributed by atoms with Gasteiger partial charge in [0, 0.05) is 18.1 Å². The summed E-state index contributed by atoms with van der Waals surface area (Å²) in [5.74, 6) is 0. The van der Waals surface area contributed by atoms with Crippen molar-refractivity contribution >= 4 is 22.0 Å². The summed E-state index contributed by atoms with van der Waals surface area (Å²) in [7, 11) is 1.82. The third kappa shape index (κ3) is 2.07. The van der Waals surface area contributed by atoms with E-state index >= 15 is 0 Å². The number of rotatable bonds is 1. The first-order valence-electron chi connectivity index (χ1n) is 5.31. The number of benzene rings is 1. The average Bonchev–Trinajstić information content (AvgIpc) is 2.25. The molecule has 0 aliphatic carbocycles. The minimum Gasteiger partial charge on any atom is -0.329 e. The highest BCUT2D eigenvalue weighted by molar-refractivity contribution is 9.10. The Bertz CT molecular complexity index is 404. The first-order chi connectivity index (χ1) is 7.51. The number of nitrogens with zero attached hydrogens (tertiary/aromatic N) is 1. The molecule has 4 heteroatoms. The molecular formula is C12H15BrN2O. The van der Waals surface area contributed by atoms with Gasteiger partial charge in [0.2, 0.25) is 0 Å². The van der Waals surface area contributed by atoms with E-state index in [1.165, 1.54) is 0 Å². The average molecular weight is 283 g/mol. The molecule has 3 nitrogen and oxygen atoms in total. The van der Waals surface area contributed by atoms with Crippen molar-refractivity contribution in [1.29, 1.82) is 0 Å². The summed E-state index contributed by atoms with van der Waals surface area (Å²) < 4.78 is 1.05. The van der Waals surface area contributed by atoms with Crippen molar-refractivity contribution < 1.29 is 4.79 Å². The number of carbonyl (C=O) groups is 1. The predicted octanol–water partition coefficient (Wildman–Crippen LogP) is 2.71. The van der Waals surface area contributed by atoms with E-state index in [2.05, 4.69) is 40.3 Å². The maximum Gasteiger partial charge on any atom is 0.317 e. The highest BCUT2D eigenvalue weighted by Gasteiger charge is 2.33. The zero-order valence-corrected chi connectivity index (χ0v) is 11.0. The summed E-state index contributed by atoms with van der Waals surface area (Å²) in [5.41, 5.74) is 0.904. The third-order valence-electron chi connectivity index (χ3n) is 3.16. The topological polar surface area (TPSA) is 32.3 Å². The van der Waals surface area contributed by atoms with Gasteiger partial charge in [0.25, 0.3) is 0 Å². The Morgan fingerprint density at radius 1 is 1.38 bits per heavy atom. The normalized spacial score (nSPS) is 25.4. The fourth-order valence-electron chi connectivity index (χ4n) is 1.92. The van der Waals surface area contributed by atoms with Gasteiger partial charge in [-0.3, -0.25) is 0 Å². The number of carbonyl (C=O) groups excluding carboxylic acids is 1. The van der Waals surface area contributed by atoms with Gasteiger partial charge in [-0.05, 0) is 31.0 Å². The van der Waals surface area contributed by atoms with Gasteiger partial charge < -0.3 is 10.2 Å². The van der Waals surface area contributed by atoms with E-state index in [9.17, 15) is 4.79 Å². The molecule has 0 saturated carbocycles. The summed E-state index contributed by atoms with van der Waals surface area (Å²) in [5, 5.41) is 3.05. The minimum atomic E-state index is -0.246. The Balaban J connectivity index is 2.25. The summed E-state index contributed by atoms with van der Waals surface area (Å²) in [6, 6.07) is 8.11. The molecule has 1 atom stereocenters. The molecule has 2 amide bonds. The van der Waals surface area contributed by atoms with Crippen molar-refractivity contribution in [3.05, 3.63) is 34.3 Å². The van der Waals surface area contributed by atoms with E-state index in [1.54, 1.807) is 4.90 Å². The van der Waals surface area contributed by atoms with Crippen molar-refractivity contribution in [2.24, 2.45) is 0 Å². The Morgan fingerprint density at radius 3 is 2.56 bits per heavy atom. The number of halogens is 1. The highest BCUT2D eigenvalue weighted by Crippen LogP contribution is 2.28. The number of nitrogens with one attached hydrogen (secondary N) is 1. The van der Waals surface area contributed by atoms with E-state index in [0.717, 1.165) is 23.0 Å². The molecule has 2 rings (SSSR count). The lowest BCUT2D eigenvalue weighted by Crippen LogP contribution is -2.55. The largest absolute Gasteiger partial charge is 0.329 e. The molecule has 0 spiro atoms. The zero-order chi connectivity index (χ0) is 11.8. The molecule has 1 unspecified atom stereocenters. The van der Waals surface area contributed by atoms with Crippen LogP contribution in [0.15, 0.2) is 28.7 Å². The summed E-state index contributed by atoms with van der Waals surface area (Å²) in [6.07, 6.45) is 0.927. The molecule has 1 heterocycles. The van der Waals surface area contributed by atoms with E-state index in [4.69, 9.17) is 0 Å². The molecule has 0 radical (unpaired) electrons. The van der Waals surface area contributed by atoms with Crippen molar-refractivity contribution in [2.75, 3.05) is 13.6 Å².